The molecule has 1 heterocycles. The van der Waals surface area contributed by atoms with E-state index in [1.165, 1.54) is 18.4 Å². The van der Waals surface area contributed by atoms with Crippen LogP contribution in [0.15, 0.2) is 22.8 Å². The largest absolute Gasteiger partial charge is 0.467 e. The van der Waals surface area contributed by atoms with Gasteiger partial charge in [-0.25, -0.2) is 14.2 Å². The van der Waals surface area contributed by atoms with E-state index in [-0.39, 0.29) is 5.76 Å². The summed E-state index contributed by atoms with van der Waals surface area (Å²) >= 11 is 0. The maximum Gasteiger partial charge on any atom is 0.268 e. The van der Waals surface area contributed by atoms with Gasteiger partial charge in [0.25, 0.3) is 5.92 Å². The molecule has 1 atom stereocenters. The first kappa shape index (κ1) is 9.15. The lowest BCUT2D eigenvalue weighted by atomic mass is 10.1. The molecule has 0 aliphatic rings. The molecule has 0 saturated carbocycles. The zero-order valence-electron chi connectivity index (χ0n) is 6.55. The molecule has 0 radical (unpaired) electrons. The molecule has 0 amide bonds. The van der Waals surface area contributed by atoms with Gasteiger partial charge < -0.3 is 4.42 Å². The van der Waals surface area contributed by atoms with E-state index in [1.54, 1.807) is 0 Å². The topological polar surface area (TPSA) is 51.2 Å². The normalized spacial score (nSPS) is 14.7. The number of halogens is 2. The molecule has 12 heavy (non-hydrogen) atoms. The van der Waals surface area contributed by atoms with Gasteiger partial charge in [-0.15, -0.1) is 0 Å². The van der Waals surface area contributed by atoms with Crippen LogP contribution in [0.1, 0.15) is 18.7 Å². The average molecular weight is 176 g/mol. The van der Waals surface area contributed by atoms with Gasteiger partial charge in [-0.1, -0.05) is 0 Å². The van der Waals surface area contributed by atoms with E-state index in [0.717, 1.165) is 6.92 Å². The fourth-order valence-electron chi connectivity index (χ4n) is 0.934. The Balaban J connectivity index is 2.84. The molecular weight excluding hydrogens is 166 g/mol. The highest BCUT2D eigenvalue weighted by Gasteiger charge is 2.36. The van der Waals surface area contributed by atoms with Crippen molar-refractivity contribution < 1.29 is 13.2 Å². The van der Waals surface area contributed by atoms with Gasteiger partial charge in [-0.05, 0) is 12.1 Å². The van der Waals surface area contributed by atoms with E-state index in [4.69, 9.17) is 10.3 Å². The molecule has 0 aromatic carbocycles. The number of alkyl halides is 2. The summed E-state index contributed by atoms with van der Waals surface area (Å²) in [4.78, 5) is 0. The van der Waals surface area contributed by atoms with Gasteiger partial charge in [0.15, 0.2) is 0 Å². The lowest BCUT2D eigenvalue weighted by Crippen LogP contribution is -2.38. The second-order valence-corrected chi connectivity index (χ2v) is 2.57. The summed E-state index contributed by atoms with van der Waals surface area (Å²) < 4.78 is 30.3. The van der Waals surface area contributed by atoms with E-state index >= 15 is 0 Å². The third kappa shape index (κ3) is 1.80. The molecule has 3 N–H and O–H groups in total. The molecule has 0 saturated heterocycles. The minimum absolute atomic E-state index is 0.130. The predicted octanol–water partition coefficient (Wildman–Crippen LogP) is 1.44. The fourth-order valence-corrected chi connectivity index (χ4v) is 0.934. The number of rotatable bonds is 3. The molecule has 1 aromatic rings. The molecule has 0 aliphatic carbocycles. The summed E-state index contributed by atoms with van der Waals surface area (Å²) in [5, 5.41) is 0. The summed E-state index contributed by atoms with van der Waals surface area (Å²) in [6.45, 7) is 0.778. The lowest BCUT2D eigenvalue weighted by molar-refractivity contribution is -0.0261. The van der Waals surface area contributed by atoms with Crippen molar-refractivity contribution in [3.63, 3.8) is 0 Å². The summed E-state index contributed by atoms with van der Waals surface area (Å²) in [5.74, 6) is 2.15. The monoisotopic (exact) mass is 176 g/mol. The van der Waals surface area contributed by atoms with Gasteiger partial charge in [0.05, 0.1) is 6.26 Å². The average Bonchev–Trinajstić information content (AvgIpc) is 2.38. The zero-order chi connectivity index (χ0) is 9.19. The van der Waals surface area contributed by atoms with Crippen molar-refractivity contribution in [2.45, 2.75) is 18.9 Å². The molecule has 0 spiro atoms. The van der Waals surface area contributed by atoms with Gasteiger partial charge in [0.1, 0.15) is 11.8 Å². The van der Waals surface area contributed by atoms with Gasteiger partial charge in [0.2, 0.25) is 0 Å². The van der Waals surface area contributed by atoms with Crippen LogP contribution in [0.3, 0.4) is 0 Å². The van der Waals surface area contributed by atoms with E-state index in [9.17, 15) is 8.78 Å². The molecule has 5 heteroatoms. The number of hydrogen-bond acceptors (Lipinski definition) is 3. The summed E-state index contributed by atoms with van der Waals surface area (Å²) in [7, 11) is 0. The summed E-state index contributed by atoms with van der Waals surface area (Å²) in [5.41, 5.74) is 2.00. The third-order valence-corrected chi connectivity index (χ3v) is 1.50. The lowest BCUT2D eigenvalue weighted by Gasteiger charge is -2.20. The number of nitrogens with two attached hydrogens (primary N) is 1. The Hall–Kier alpha value is -0.940. The Labute approximate surface area is 68.5 Å². The smallest absolute Gasteiger partial charge is 0.268 e. The standard InChI is InChI=1S/C7H10F2N2O/c1-7(8,9)6(11-10)5-3-2-4-12-5/h2-4,6,11H,10H2,1H3. The molecule has 0 bridgehead atoms. The first-order chi connectivity index (χ1) is 5.55. The van der Waals surface area contributed by atoms with Crippen LogP contribution < -0.4 is 11.3 Å². The Kier molecular flexibility index (Phi) is 2.44. The Bertz CT molecular complexity index is 230. The molecule has 1 aromatic heterocycles. The third-order valence-electron chi connectivity index (χ3n) is 1.50. The van der Waals surface area contributed by atoms with Crippen LogP contribution >= 0.6 is 0 Å². The number of hydrazine groups is 1. The van der Waals surface area contributed by atoms with Crippen LogP contribution in [0.25, 0.3) is 0 Å². The maximum absolute atomic E-state index is 12.7. The van der Waals surface area contributed by atoms with Crippen molar-refractivity contribution in [1.82, 2.24) is 5.43 Å². The Morgan fingerprint density at radius 3 is 2.67 bits per heavy atom. The Morgan fingerprint density at radius 1 is 1.67 bits per heavy atom. The zero-order valence-corrected chi connectivity index (χ0v) is 6.55. The van der Waals surface area contributed by atoms with Crippen LogP contribution in [-0.4, -0.2) is 5.92 Å². The predicted molar refractivity (Wildman–Crippen MR) is 39.4 cm³/mol. The molecule has 1 unspecified atom stereocenters. The SMILES string of the molecule is CC(F)(F)C(NN)c1ccco1. The van der Waals surface area contributed by atoms with Crippen LogP contribution in [0.5, 0.6) is 0 Å². The van der Waals surface area contributed by atoms with Gasteiger partial charge in [0, 0.05) is 6.92 Å². The van der Waals surface area contributed by atoms with E-state index < -0.39 is 12.0 Å². The quantitative estimate of drug-likeness (QED) is 0.541. The molecule has 1 rings (SSSR count). The van der Waals surface area contributed by atoms with E-state index in [1.807, 2.05) is 5.43 Å². The fraction of sp³-hybridized carbons (Fsp3) is 0.429. The van der Waals surface area contributed by atoms with E-state index in [0.29, 0.717) is 0 Å². The van der Waals surface area contributed by atoms with Crippen LogP contribution in [-0.2, 0) is 0 Å². The van der Waals surface area contributed by atoms with Crippen molar-refractivity contribution in [3.8, 4) is 0 Å². The minimum Gasteiger partial charge on any atom is -0.467 e. The molecule has 3 nitrogen and oxygen atoms in total. The van der Waals surface area contributed by atoms with Crippen molar-refractivity contribution in [2.24, 2.45) is 5.84 Å². The molecule has 0 fully saturated rings. The highest BCUT2D eigenvalue weighted by Crippen LogP contribution is 2.29. The molecule has 68 valence electrons. The van der Waals surface area contributed by atoms with Crippen molar-refractivity contribution in [3.05, 3.63) is 24.2 Å². The molecule has 0 aliphatic heterocycles. The van der Waals surface area contributed by atoms with Crippen LogP contribution in [0.4, 0.5) is 8.78 Å². The maximum atomic E-state index is 12.7. The first-order valence-corrected chi connectivity index (χ1v) is 3.43. The van der Waals surface area contributed by atoms with Crippen LogP contribution in [0, 0.1) is 0 Å². The number of nitrogens with one attached hydrogen (secondary N) is 1. The van der Waals surface area contributed by atoms with Crippen molar-refractivity contribution >= 4 is 0 Å². The van der Waals surface area contributed by atoms with E-state index in [2.05, 4.69) is 0 Å². The number of furan rings is 1. The highest BCUT2D eigenvalue weighted by atomic mass is 19.3. The second-order valence-electron chi connectivity index (χ2n) is 2.57. The highest BCUT2D eigenvalue weighted by molar-refractivity contribution is 5.07. The summed E-state index contributed by atoms with van der Waals surface area (Å²) in [6.07, 6.45) is 1.32. The van der Waals surface area contributed by atoms with Gasteiger partial charge in [-0.2, -0.15) is 0 Å². The Morgan fingerprint density at radius 2 is 2.33 bits per heavy atom. The summed E-state index contributed by atoms with van der Waals surface area (Å²) in [6, 6.07) is 1.71. The van der Waals surface area contributed by atoms with Crippen molar-refractivity contribution in [1.29, 1.82) is 0 Å². The van der Waals surface area contributed by atoms with Crippen molar-refractivity contribution in [2.75, 3.05) is 0 Å². The molecular formula is C7H10F2N2O. The minimum atomic E-state index is -2.94. The number of hydrogen-bond donors (Lipinski definition) is 2. The van der Waals surface area contributed by atoms with Gasteiger partial charge >= 0.3 is 0 Å². The first-order valence-electron chi connectivity index (χ1n) is 3.43. The van der Waals surface area contributed by atoms with Gasteiger partial charge in [-0.3, -0.25) is 5.84 Å². The van der Waals surface area contributed by atoms with Crippen LogP contribution in [0.2, 0.25) is 0 Å². The second kappa shape index (κ2) is 3.20.